The number of halogens is 1. The fourth-order valence-corrected chi connectivity index (χ4v) is 3.90. The van der Waals surface area contributed by atoms with Gasteiger partial charge >= 0.3 is 0 Å². The number of rotatable bonds is 12. The van der Waals surface area contributed by atoms with Gasteiger partial charge < -0.3 is 28.8 Å². The summed E-state index contributed by atoms with van der Waals surface area (Å²) in [5, 5.41) is 10.7. The second kappa shape index (κ2) is 12.7. The Hall–Kier alpha value is -3.36. The number of aliphatic hydroxyl groups excluding tert-OH is 1. The van der Waals surface area contributed by atoms with Gasteiger partial charge in [-0.1, -0.05) is 11.6 Å². The van der Waals surface area contributed by atoms with E-state index < -0.39 is 6.10 Å². The van der Waals surface area contributed by atoms with Gasteiger partial charge in [0.15, 0.2) is 0 Å². The predicted octanol–water partition coefficient (Wildman–Crippen LogP) is 5.82. The van der Waals surface area contributed by atoms with Crippen LogP contribution in [0.2, 0.25) is 5.02 Å². The highest BCUT2D eigenvalue weighted by Crippen LogP contribution is 2.27. The summed E-state index contributed by atoms with van der Waals surface area (Å²) >= 11 is 5.96. The highest BCUT2D eigenvalue weighted by atomic mass is 35.5. The SMILES string of the molecule is CCOCc1nc(-c2ccc(OC[C@@H](O)CN(C)C)cc2)cn1-c1ccc(Oc2ccc(Cl)cc2)cc1. The molecule has 0 unspecified atom stereocenters. The van der Waals surface area contributed by atoms with E-state index in [1.807, 2.05) is 97.3 Å². The number of aliphatic hydroxyl groups is 1. The molecule has 0 spiro atoms. The van der Waals surface area contributed by atoms with Gasteiger partial charge in [0.2, 0.25) is 0 Å². The average molecular weight is 522 g/mol. The van der Waals surface area contributed by atoms with Crippen molar-refractivity contribution in [3.05, 3.63) is 89.8 Å². The lowest BCUT2D eigenvalue weighted by Gasteiger charge is -2.16. The molecule has 3 aromatic carbocycles. The fraction of sp³-hybridized carbons (Fsp3) is 0.276. The largest absolute Gasteiger partial charge is 0.491 e. The summed E-state index contributed by atoms with van der Waals surface area (Å²) in [5.74, 6) is 2.95. The first-order valence-electron chi connectivity index (χ1n) is 12.2. The van der Waals surface area contributed by atoms with Gasteiger partial charge in [0.1, 0.15) is 42.4 Å². The molecule has 0 amide bonds. The number of benzene rings is 3. The van der Waals surface area contributed by atoms with E-state index in [0.717, 1.165) is 34.3 Å². The Morgan fingerprint density at radius 3 is 2.16 bits per heavy atom. The Balaban J connectivity index is 1.49. The molecule has 37 heavy (non-hydrogen) atoms. The third-order valence-electron chi connectivity index (χ3n) is 5.55. The van der Waals surface area contributed by atoms with Crippen molar-refractivity contribution in [3.8, 4) is 34.2 Å². The van der Waals surface area contributed by atoms with Crippen molar-refractivity contribution in [1.29, 1.82) is 0 Å². The van der Waals surface area contributed by atoms with Crippen LogP contribution in [0, 0.1) is 0 Å². The quantitative estimate of drug-likeness (QED) is 0.253. The Morgan fingerprint density at radius 1 is 0.919 bits per heavy atom. The van der Waals surface area contributed by atoms with Crippen molar-refractivity contribution in [3.63, 3.8) is 0 Å². The van der Waals surface area contributed by atoms with Crippen LogP contribution in [-0.4, -0.2) is 59.5 Å². The highest BCUT2D eigenvalue weighted by molar-refractivity contribution is 6.30. The van der Waals surface area contributed by atoms with Crippen LogP contribution in [0.4, 0.5) is 0 Å². The Kier molecular flexibility index (Phi) is 9.19. The minimum absolute atomic E-state index is 0.238. The number of hydrogen-bond donors (Lipinski definition) is 1. The molecule has 4 rings (SSSR count). The summed E-state index contributed by atoms with van der Waals surface area (Å²) in [6, 6.07) is 22.8. The number of likely N-dealkylation sites (N-methyl/N-ethyl adjacent to an activating group) is 1. The van der Waals surface area contributed by atoms with Crippen LogP contribution in [-0.2, 0) is 11.3 Å². The third kappa shape index (κ3) is 7.57. The monoisotopic (exact) mass is 521 g/mol. The number of nitrogens with zero attached hydrogens (tertiary/aromatic N) is 3. The summed E-state index contributed by atoms with van der Waals surface area (Å²) in [6.45, 7) is 3.74. The van der Waals surface area contributed by atoms with Gasteiger partial charge in [-0.25, -0.2) is 4.98 Å². The van der Waals surface area contributed by atoms with Gasteiger partial charge in [-0.3, -0.25) is 0 Å². The molecule has 1 heterocycles. The zero-order valence-electron chi connectivity index (χ0n) is 21.3. The molecular formula is C29H32ClN3O4. The van der Waals surface area contributed by atoms with Gasteiger partial charge in [0.05, 0.1) is 5.69 Å². The lowest BCUT2D eigenvalue weighted by molar-refractivity contribution is 0.0831. The zero-order valence-corrected chi connectivity index (χ0v) is 22.1. The average Bonchev–Trinajstić information content (AvgIpc) is 3.32. The van der Waals surface area contributed by atoms with E-state index in [0.29, 0.717) is 30.5 Å². The molecule has 1 N–H and O–H groups in total. The molecule has 1 aromatic heterocycles. The molecule has 0 saturated heterocycles. The van der Waals surface area contributed by atoms with E-state index in [1.165, 1.54) is 0 Å². The molecule has 0 saturated carbocycles. The van der Waals surface area contributed by atoms with E-state index in [4.69, 9.17) is 30.8 Å². The molecule has 0 radical (unpaired) electrons. The Morgan fingerprint density at radius 2 is 1.54 bits per heavy atom. The van der Waals surface area contributed by atoms with E-state index >= 15 is 0 Å². The van der Waals surface area contributed by atoms with Gasteiger partial charge in [-0.15, -0.1) is 0 Å². The van der Waals surface area contributed by atoms with E-state index in [-0.39, 0.29) is 6.61 Å². The minimum Gasteiger partial charge on any atom is -0.491 e. The lowest BCUT2D eigenvalue weighted by atomic mass is 10.1. The van der Waals surface area contributed by atoms with E-state index in [1.54, 1.807) is 12.1 Å². The fourth-order valence-electron chi connectivity index (χ4n) is 3.78. The topological polar surface area (TPSA) is 69.0 Å². The molecule has 0 fully saturated rings. The summed E-state index contributed by atoms with van der Waals surface area (Å²) in [7, 11) is 3.83. The summed E-state index contributed by atoms with van der Waals surface area (Å²) in [4.78, 5) is 6.76. The van der Waals surface area contributed by atoms with Crippen LogP contribution in [0.1, 0.15) is 12.7 Å². The summed E-state index contributed by atoms with van der Waals surface area (Å²) < 4.78 is 19.4. The molecule has 0 bridgehead atoms. The van der Waals surface area contributed by atoms with Gasteiger partial charge in [-0.2, -0.15) is 0 Å². The first kappa shape index (κ1) is 26.7. The van der Waals surface area contributed by atoms with Crippen molar-refractivity contribution in [2.24, 2.45) is 0 Å². The molecule has 4 aromatic rings. The van der Waals surface area contributed by atoms with Crippen LogP contribution >= 0.6 is 11.6 Å². The molecular weight excluding hydrogens is 490 g/mol. The third-order valence-corrected chi connectivity index (χ3v) is 5.80. The molecule has 8 heteroatoms. The Labute approximate surface area is 222 Å². The standard InChI is InChI=1S/C29H32ClN3O4/c1-4-35-20-29-31-28(21-5-11-25(12-6-21)36-19-24(34)17-32(2)3)18-33(29)23-9-15-27(16-10-23)37-26-13-7-22(30)8-14-26/h5-16,18,24,34H,4,17,19-20H2,1-3H3/t24-/m0/s1. The molecule has 0 aliphatic carbocycles. The van der Waals surface area contributed by atoms with Crippen molar-refractivity contribution in [2.75, 3.05) is 33.9 Å². The van der Waals surface area contributed by atoms with Gasteiger partial charge in [0, 0.05) is 35.6 Å². The van der Waals surface area contributed by atoms with Crippen molar-refractivity contribution in [1.82, 2.24) is 14.5 Å². The number of hydrogen-bond acceptors (Lipinski definition) is 6. The maximum absolute atomic E-state index is 10.0. The van der Waals surface area contributed by atoms with Crippen molar-refractivity contribution < 1.29 is 19.3 Å². The zero-order chi connectivity index (χ0) is 26.2. The van der Waals surface area contributed by atoms with E-state index in [9.17, 15) is 5.11 Å². The molecule has 1 atom stereocenters. The molecule has 7 nitrogen and oxygen atoms in total. The first-order chi connectivity index (χ1) is 17.9. The number of ether oxygens (including phenoxy) is 3. The molecule has 0 aliphatic rings. The maximum atomic E-state index is 10.0. The maximum Gasteiger partial charge on any atom is 0.140 e. The second-order valence-electron chi connectivity index (χ2n) is 8.85. The predicted molar refractivity (Wildman–Crippen MR) is 146 cm³/mol. The summed E-state index contributed by atoms with van der Waals surface area (Å²) in [6.07, 6.45) is 1.45. The second-order valence-corrected chi connectivity index (χ2v) is 9.29. The van der Waals surface area contributed by atoms with Crippen LogP contribution in [0.5, 0.6) is 17.2 Å². The van der Waals surface area contributed by atoms with Crippen LogP contribution in [0.3, 0.4) is 0 Å². The molecule has 194 valence electrons. The summed E-state index contributed by atoms with van der Waals surface area (Å²) in [5.41, 5.74) is 2.74. The minimum atomic E-state index is -0.547. The number of aromatic nitrogens is 2. The van der Waals surface area contributed by atoms with Crippen molar-refractivity contribution >= 4 is 11.6 Å². The lowest BCUT2D eigenvalue weighted by Crippen LogP contribution is -2.30. The normalized spacial score (nSPS) is 12.1. The van der Waals surface area contributed by atoms with E-state index in [2.05, 4.69) is 0 Å². The van der Waals surface area contributed by atoms with Gasteiger partial charge in [-0.05, 0) is 93.8 Å². The van der Waals surface area contributed by atoms with Crippen molar-refractivity contribution in [2.45, 2.75) is 19.6 Å². The highest BCUT2D eigenvalue weighted by Gasteiger charge is 2.13. The first-order valence-corrected chi connectivity index (χ1v) is 12.5. The van der Waals surface area contributed by atoms with Crippen LogP contribution in [0.25, 0.3) is 16.9 Å². The molecule has 0 aliphatic heterocycles. The van der Waals surface area contributed by atoms with Gasteiger partial charge in [0.25, 0.3) is 0 Å². The Bertz CT molecular complexity index is 1260. The smallest absolute Gasteiger partial charge is 0.140 e. The van der Waals surface area contributed by atoms with Crippen LogP contribution in [0.15, 0.2) is 79.0 Å². The van der Waals surface area contributed by atoms with Crippen LogP contribution < -0.4 is 9.47 Å². The number of imidazole rings is 1.